The Balaban J connectivity index is 3.04. The highest BCUT2D eigenvalue weighted by Crippen LogP contribution is 2.29. The molecule has 0 saturated carbocycles. The van der Waals surface area contributed by atoms with Crippen LogP contribution in [0.5, 0.6) is 0 Å². The molecule has 1 aromatic carbocycles. The van der Waals surface area contributed by atoms with Gasteiger partial charge in [-0.2, -0.15) is 0 Å². The van der Waals surface area contributed by atoms with Crippen molar-refractivity contribution >= 4 is 17.3 Å². The Hall–Kier alpha value is -2.51. The van der Waals surface area contributed by atoms with Crippen LogP contribution < -0.4 is 5.32 Å². The third kappa shape index (κ3) is 4.23. The number of nitrogens with one attached hydrogen (secondary N) is 1. The van der Waals surface area contributed by atoms with Gasteiger partial charge in [0.1, 0.15) is 5.56 Å². The number of nitrogens with zero attached hydrogens (tertiary/aromatic N) is 2. The molecular formula is C13H17N3O5. The lowest BCUT2D eigenvalue weighted by molar-refractivity contribution is -0.395. The van der Waals surface area contributed by atoms with Crippen LogP contribution in [0.4, 0.5) is 11.4 Å². The summed E-state index contributed by atoms with van der Waals surface area (Å²) in [7, 11) is 0. The molecule has 0 fully saturated rings. The quantitative estimate of drug-likeness (QED) is 0.471. The van der Waals surface area contributed by atoms with Crippen LogP contribution in [-0.2, 0) is 0 Å². The zero-order chi connectivity index (χ0) is 16.0. The third-order valence-electron chi connectivity index (χ3n) is 3.07. The van der Waals surface area contributed by atoms with Crippen LogP contribution >= 0.6 is 0 Å². The molecule has 0 aliphatic carbocycles. The van der Waals surface area contributed by atoms with Gasteiger partial charge in [0.15, 0.2) is 0 Å². The minimum atomic E-state index is -0.726. The van der Waals surface area contributed by atoms with Crippen molar-refractivity contribution < 1.29 is 14.6 Å². The van der Waals surface area contributed by atoms with E-state index in [2.05, 4.69) is 5.32 Å². The summed E-state index contributed by atoms with van der Waals surface area (Å²) in [4.78, 5) is 32.3. The Labute approximate surface area is 121 Å². The van der Waals surface area contributed by atoms with E-state index >= 15 is 0 Å². The summed E-state index contributed by atoms with van der Waals surface area (Å²) in [6.07, 6.45) is 2.74. The second-order valence-electron chi connectivity index (χ2n) is 4.62. The monoisotopic (exact) mass is 295 g/mol. The normalized spacial score (nSPS) is 10.2. The molecule has 0 unspecified atom stereocenters. The average molecular weight is 295 g/mol. The Morgan fingerprint density at radius 2 is 1.67 bits per heavy atom. The first-order valence-electron chi connectivity index (χ1n) is 6.60. The van der Waals surface area contributed by atoms with Crippen molar-refractivity contribution in [2.24, 2.45) is 0 Å². The number of carbonyl (C=O) groups is 1. The Morgan fingerprint density at radius 3 is 2.10 bits per heavy atom. The summed E-state index contributed by atoms with van der Waals surface area (Å²) in [5.74, 6) is -0.544. The lowest BCUT2D eigenvalue weighted by Crippen LogP contribution is -2.24. The van der Waals surface area contributed by atoms with Crippen LogP contribution in [-0.4, -0.2) is 22.3 Å². The largest absolute Gasteiger partial charge is 0.352 e. The number of amides is 1. The lowest BCUT2D eigenvalue weighted by atomic mass is 10.1. The van der Waals surface area contributed by atoms with Crippen molar-refractivity contribution in [2.75, 3.05) is 6.54 Å². The molecule has 21 heavy (non-hydrogen) atoms. The number of unbranched alkanes of at least 4 members (excludes halogenated alkanes) is 2. The fourth-order valence-corrected chi connectivity index (χ4v) is 1.87. The topological polar surface area (TPSA) is 115 Å². The van der Waals surface area contributed by atoms with Gasteiger partial charge in [-0.15, -0.1) is 0 Å². The van der Waals surface area contributed by atoms with Crippen molar-refractivity contribution in [1.29, 1.82) is 0 Å². The molecule has 0 bridgehead atoms. The molecule has 0 heterocycles. The van der Waals surface area contributed by atoms with Gasteiger partial charge in [0.25, 0.3) is 17.3 Å². The molecular weight excluding hydrogens is 278 g/mol. The van der Waals surface area contributed by atoms with Gasteiger partial charge in [0, 0.05) is 18.7 Å². The molecule has 0 radical (unpaired) electrons. The van der Waals surface area contributed by atoms with E-state index in [4.69, 9.17) is 0 Å². The number of carbonyl (C=O) groups excluding carboxylic acids is 1. The van der Waals surface area contributed by atoms with E-state index in [1.165, 1.54) is 6.92 Å². The molecule has 1 N–H and O–H groups in total. The molecule has 8 nitrogen and oxygen atoms in total. The molecule has 1 rings (SSSR count). The number of hydrogen-bond acceptors (Lipinski definition) is 5. The zero-order valence-electron chi connectivity index (χ0n) is 11.9. The van der Waals surface area contributed by atoms with Gasteiger partial charge < -0.3 is 5.32 Å². The third-order valence-corrected chi connectivity index (χ3v) is 3.07. The average Bonchev–Trinajstić information content (AvgIpc) is 2.42. The molecule has 0 atom stereocenters. The van der Waals surface area contributed by atoms with Crippen molar-refractivity contribution in [3.63, 3.8) is 0 Å². The minimum Gasteiger partial charge on any atom is -0.352 e. The second-order valence-corrected chi connectivity index (χ2v) is 4.62. The Morgan fingerprint density at radius 1 is 1.14 bits per heavy atom. The molecule has 0 aliphatic heterocycles. The highest BCUT2D eigenvalue weighted by atomic mass is 16.6. The van der Waals surface area contributed by atoms with Crippen LogP contribution in [0.25, 0.3) is 0 Å². The Bertz CT molecular complexity index is 536. The van der Waals surface area contributed by atoms with E-state index in [9.17, 15) is 25.0 Å². The highest BCUT2D eigenvalue weighted by Gasteiger charge is 2.25. The van der Waals surface area contributed by atoms with E-state index in [1.54, 1.807) is 0 Å². The lowest BCUT2D eigenvalue weighted by Gasteiger charge is -2.06. The first-order chi connectivity index (χ1) is 9.88. The first kappa shape index (κ1) is 16.5. The number of benzene rings is 1. The summed E-state index contributed by atoms with van der Waals surface area (Å²) in [5, 5.41) is 24.4. The van der Waals surface area contributed by atoms with Crippen molar-refractivity contribution in [3.8, 4) is 0 Å². The Kier molecular flexibility index (Phi) is 5.77. The first-order valence-corrected chi connectivity index (χ1v) is 6.60. The summed E-state index contributed by atoms with van der Waals surface area (Å²) in [5.41, 5.74) is -0.992. The summed E-state index contributed by atoms with van der Waals surface area (Å²) in [6, 6.07) is 2.13. The zero-order valence-corrected chi connectivity index (χ0v) is 11.9. The summed E-state index contributed by atoms with van der Waals surface area (Å²) >= 11 is 0. The van der Waals surface area contributed by atoms with Gasteiger partial charge >= 0.3 is 0 Å². The van der Waals surface area contributed by atoms with Crippen LogP contribution in [0.2, 0.25) is 0 Å². The van der Waals surface area contributed by atoms with Gasteiger partial charge in [-0.3, -0.25) is 25.0 Å². The summed E-state index contributed by atoms with van der Waals surface area (Å²) < 4.78 is 0. The highest BCUT2D eigenvalue weighted by molar-refractivity contribution is 5.96. The van der Waals surface area contributed by atoms with Gasteiger partial charge in [0.05, 0.1) is 15.4 Å². The second kappa shape index (κ2) is 7.32. The maximum Gasteiger partial charge on any atom is 0.279 e. The van der Waals surface area contributed by atoms with Gasteiger partial charge in [0.2, 0.25) is 0 Å². The summed E-state index contributed by atoms with van der Waals surface area (Å²) in [6.45, 7) is 3.75. The van der Waals surface area contributed by atoms with Crippen LogP contribution in [0.3, 0.4) is 0 Å². The maximum absolute atomic E-state index is 11.9. The van der Waals surface area contributed by atoms with Gasteiger partial charge in [-0.05, 0) is 13.3 Å². The molecule has 8 heteroatoms. The van der Waals surface area contributed by atoms with Gasteiger partial charge in [-0.25, -0.2) is 0 Å². The van der Waals surface area contributed by atoms with E-state index in [0.29, 0.717) is 6.54 Å². The molecule has 114 valence electrons. The van der Waals surface area contributed by atoms with E-state index < -0.39 is 27.1 Å². The van der Waals surface area contributed by atoms with Crippen LogP contribution in [0, 0.1) is 27.2 Å². The number of nitro groups is 2. The van der Waals surface area contributed by atoms with Crippen molar-refractivity contribution in [2.45, 2.75) is 33.1 Å². The SMILES string of the molecule is CCCCCNC(=O)c1cc([N+](=O)[O-])c(C)c([N+](=O)[O-])c1. The van der Waals surface area contributed by atoms with Gasteiger partial charge in [-0.1, -0.05) is 19.8 Å². The predicted octanol–water partition coefficient (Wildman–Crippen LogP) is 2.73. The minimum absolute atomic E-state index is 0.0625. The molecule has 1 aromatic rings. The number of rotatable bonds is 7. The van der Waals surface area contributed by atoms with Crippen molar-refractivity contribution in [1.82, 2.24) is 5.32 Å². The predicted molar refractivity (Wildman–Crippen MR) is 76.3 cm³/mol. The fourth-order valence-electron chi connectivity index (χ4n) is 1.87. The fraction of sp³-hybridized carbons (Fsp3) is 0.462. The molecule has 0 aliphatic rings. The van der Waals surface area contributed by atoms with E-state index in [1.807, 2.05) is 6.92 Å². The van der Waals surface area contributed by atoms with E-state index in [-0.39, 0.29) is 11.1 Å². The number of nitro benzene ring substituents is 2. The molecule has 0 spiro atoms. The molecule has 0 aromatic heterocycles. The smallest absolute Gasteiger partial charge is 0.279 e. The molecule has 0 saturated heterocycles. The standard InChI is InChI=1S/C13H17N3O5/c1-3-4-5-6-14-13(17)10-7-11(15(18)19)9(2)12(8-10)16(20)21/h7-8H,3-6H2,1-2H3,(H,14,17). The molecule has 1 amide bonds. The number of hydrogen-bond donors (Lipinski definition) is 1. The van der Waals surface area contributed by atoms with E-state index in [0.717, 1.165) is 31.4 Å². The van der Waals surface area contributed by atoms with Crippen molar-refractivity contribution in [3.05, 3.63) is 43.5 Å². The van der Waals surface area contributed by atoms with Crippen LogP contribution in [0.15, 0.2) is 12.1 Å². The van der Waals surface area contributed by atoms with Crippen LogP contribution in [0.1, 0.15) is 42.1 Å². The maximum atomic E-state index is 11.9.